The van der Waals surface area contributed by atoms with E-state index in [1.165, 1.54) is 40.8 Å². The van der Waals surface area contributed by atoms with Gasteiger partial charge in [0.2, 0.25) is 11.8 Å². The Kier molecular flexibility index (Phi) is 7.59. The fraction of sp³-hybridized carbons (Fsp3) is 0.586. The molecule has 3 aliphatic rings. The number of thiophene rings is 1. The second-order valence-electron chi connectivity index (χ2n) is 10.6. The van der Waals surface area contributed by atoms with Crippen LogP contribution >= 0.6 is 11.3 Å². The van der Waals surface area contributed by atoms with Gasteiger partial charge < -0.3 is 9.80 Å². The molecule has 5 rings (SSSR count). The van der Waals surface area contributed by atoms with E-state index in [2.05, 4.69) is 54.5 Å². The van der Waals surface area contributed by atoms with E-state index < -0.39 is 0 Å². The van der Waals surface area contributed by atoms with Gasteiger partial charge in [-0.2, -0.15) is 0 Å². The van der Waals surface area contributed by atoms with Crippen LogP contribution in [0.25, 0.3) is 0 Å². The number of nitrogens with zero attached hydrogens (tertiary/aromatic N) is 3. The van der Waals surface area contributed by atoms with Crippen LogP contribution in [-0.2, 0) is 16.0 Å². The van der Waals surface area contributed by atoms with Crippen LogP contribution in [-0.4, -0.2) is 65.3 Å². The normalized spacial score (nSPS) is 23.0. The van der Waals surface area contributed by atoms with Crippen LogP contribution in [0.1, 0.15) is 73.1 Å². The maximum Gasteiger partial charge on any atom is 0.239 e. The Morgan fingerprint density at radius 3 is 2.43 bits per heavy atom. The van der Waals surface area contributed by atoms with Crippen molar-refractivity contribution in [3.05, 3.63) is 57.3 Å². The molecule has 2 atom stereocenters. The molecule has 2 fully saturated rings. The van der Waals surface area contributed by atoms with Crippen LogP contribution in [0.4, 0.5) is 0 Å². The fourth-order valence-electron chi connectivity index (χ4n) is 6.36. The van der Waals surface area contributed by atoms with Crippen LogP contribution in [0.2, 0.25) is 0 Å². The number of rotatable bonds is 4. The van der Waals surface area contributed by atoms with Gasteiger partial charge in [0.15, 0.2) is 0 Å². The van der Waals surface area contributed by atoms with E-state index in [1.54, 1.807) is 0 Å². The van der Waals surface area contributed by atoms with Crippen LogP contribution in [0.3, 0.4) is 0 Å². The molecule has 2 unspecified atom stereocenters. The average molecular weight is 494 g/mol. The van der Waals surface area contributed by atoms with E-state index in [-0.39, 0.29) is 23.9 Å². The first-order chi connectivity index (χ1) is 17.0. The minimum atomic E-state index is -0.201. The minimum absolute atomic E-state index is 0.113. The summed E-state index contributed by atoms with van der Waals surface area (Å²) in [5.74, 6) is 0.731. The first-order valence-corrected chi connectivity index (χ1v) is 14.4. The molecular weight excluding hydrogens is 454 g/mol. The third-order valence-electron chi connectivity index (χ3n) is 8.41. The van der Waals surface area contributed by atoms with E-state index in [0.717, 1.165) is 45.3 Å². The zero-order valence-corrected chi connectivity index (χ0v) is 22.1. The summed E-state index contributed by atoms with van der Waals surface area (Å²) < 4.78 is 0. The predicted molar refractivity (Wildman–Crippen MR) is 142 cm³/mol. The SMILES string of the molecule is Cc1ccccc1C1c2ccsc2CCN1C(C)C(=O)N1CCCN(C(=O)C2CCCCC2)CC1. The van der Waals surface area contributed by atoms with Gasteiger partial charge in [0.05, 0.1) is 12.1 Å². The molecule has 2 aromatic rings. The number of aryl methyl sites for hydroxylation is 1. The predicted octanol–water partition coefficient (Wildman–Crippen LogP) is 5.03. The molecule has 1 aromatic carbocycles. The smallest absolute Gasteiger partial charge is 0.239 e. The van der Waals surface area contributed by atoms with Crippen molar-refractivity contribution in [1.82, 2.24) is 14.7 Å². The second kappa shape index (κ2) is 10.8. The van der Waals surface area contributed by atoms with Crippen LogP contribution < -0.4 is 0 Å². The Morgan fingerprint density at radius 1 is 0.886 bits per heavy atom. The van der Waals surface area contributed by atoms with Crippen molar-refractivity contribution in [2.24, 2.45) is 5.92 Å². The molecular formula is C29H39N3O2S. The lowest BCUT2D eigenvalue weighted by Gasteiger charge is -2.41. The monoisotopic (exact) mass is 493 g/mol. The van der Waals surface area contributed by atoms with Crippen molar-refractivity contribution in [2.45, 2.75) is 70.9 Å². The average Bonchev–Trinajstić information content (AvgIpc) is 3.24. The van der Waals surface area contributed by atoms with Gasteiger partial charge in [-0.1, -0.05) is 43.5 Å². The maximum atomic E-state index is 13.8. The summed E-state index contributed by atoms with van der Waals surface area (Å²) in [6.07, 6.45) is 7.55. The van der Waals surface area contributed by atoms with Gasteiger partial charge in [-0.05, 0) is 67.7 Å². The molecule has 0 N–H and O–H groups in total. The summed E-state index contributed by atoms with van der Waals surface area (Å²) in [5.41, 5.74) is 3.93. The molecule has 0 radical (unpaired) electrons. The van der Waals surface area contributed by atoms with Gasteiger partial charge >= 0.3 is 0 Å². The van der Waals surface area contributed by atoms with Crippen LogP contribution in [0.5, 0.6) is 0 Å². The highest BCUT2D eigenvalue weighted by molar-refractivity contribution is 7.10. The summed E-state index contributed by atoms with van der Waals surface area (Å²) in [6, 6.07) is 10.8. The number of hydrogen-bond donors (Lipinski definition) is 0. The lowest BCUT2D eigenvalue weighted by Crippen LogP contribution is -2.51. The number of carbonyl (C=O) groups excluding carboxylic acids is 2. The summed E-state index contributed by atoms with van der Waals surface area (Å²) in [4.78, 5) is 34.9. The highest BCUT2D eigenvalue weighted by Gasteiger charge is 2.37. The van der Waals surface area contributed by atoms with Crippen molar-refractivity contribution >= 4 is 23.2 Å². The Bertz CT molecular complexity index is 1040. The van der Waals surface area contributed by atoms with Crippen molar-refractivity contribution in [3.8, 4) is 0 Å². The Hall–Kier alpha value is -2.18. The first kappa shape index (κ1) is 24.5. The lowest BCUT2D eigenvalue weighted by atomic mass is 9.88. The number of carbonyl (C=O) groups is 2. The van der Waals surface area contributed by atoms with Crippen molar-refractivity contribution in [2.75, 3.05) is 32.7 Å². The third kappa shape index (κ3) is 5.05. The number of amides is 2. The van der Waals surface area contributed by atoms with Crippen molar-refractivity contribution in [1.29, 1.82) is 0 Å². The standard InChI is InChI=1S/C29H39N3O2S/c1-21-9-6-7-12-24(21)27-25-14-20-35-26(25)13-17-32(27)22(2)28(33)30-15-8-16-31(19-18-30)29(34)23-10-4-3-5-11-23/h6-7,9,12,14,20,22-23,27H,3-5,8,10-11,13,15-19H2,1-2H3. The molecule has 2 aliphatic heterocycles. The summed E-state index contributed by atoms with van der Waals surface area (Å²) in [6.45, 7) is 7.98. The molecule has 1 saturated heterocycles. The molecule has 1 aromatic heterocycles. The molecule has 3 heterocycles. The van der Waals surface area contributed by atoms with Gasteiger partial charge in [-0.15, -0.1) is 11.3 Å². The third-order valence-corrected chi connectivity index (χ3v) is 9.41. The van der Waals surface area contributed by atoms with Crippen LogP contribution in [0.15, 0.2) is 35.7 Å². The summed E-state index contributed by atoms with van der Waals surface area (Å²) >= 11 is 1.84. The Morgan fingerprint density at radius 2 is 1.63 bits per heavy atom. The van der Waals surface area contributed by atoms with E-state index in [9.17, 15) is 9.59 Å². The topological polar surface area (TPSA) is 43.9 Å². The van der Waals surface area contributed by atoms with Gasteiger partial charge in [-0.25, -0.2) is 0 Å². The first-order valence-electron chi connectivity index (χ1n) is 13.5. The molecule has 5 nitrogen and oxygen atoms in total. The molecule has 6 heteroatoms. The molecule has 2 amide bonds. The molecule has 0 spiro atoms. The number of benzene rings is 1. The fourth-order valence-corrected chi connectivity index (χ4v) is 7.27. The lowest BCUT2D eigenvalue weighted by molar-refractivity contribution is -0.139. The Balaban J connectivity index is 1.30. The van der Waals surface area contributed by atoms with Gasteiger partial charge in [0.25, 0.3) is 0 Å². The molecule has 35 heavy (non-hydrogen) atoms. The number of hydrogen-bond acceptors (Lipinski definition) is 4. The molecule has 1 saturated carbocycles. The van der Waals surface area contributed by atoms with Crippen LogP contribution in [0, 0.1) is 12.8 Å². The van der Waals surface area contributed by atoms with Gasteiger partial charge in [0.1, 0.15) is 0 Å². The van der Waals surface area contributed by atoms with Gasteiger partial charge in [0, 0.05) is 43.5 Å². The highest BCUT2D eigenvalue weighted by Crippen LogP contribution is 2.40. The molecule has 188 valence electrons. The zero-order chi connectivity index (χ0) is 24.4. The van der Waals surface area contributed by atoms with E-state index >= 15 is 0 Å². The summed E-state index contributed by atoms with van der Waals surface area (Å²) in [5, 5.41) is 2.19. The van der Waals surface area contributed by atoms with E-state index in [4.69, 9.17) is 0 Å². The quantitative estimate of drug-likeness (QED) is 0.600. The highest BCUT2D eigenvalue weighted by atomic mass is 32.1. The van der Waals surface area contributed by atoms with E-state index in [0.29, 0.717) is 19.0 Å². The van der Waals surface area contributed by atoms with Crippen molar-refractivity contribution in [3.63, 3.8) is 0 Å². The summed E-state index contributed by atoms with van der Waals surface area (Å²) in [7, 11) is 0. The molecule has 0 bridgehead atoms. The zero-order valence-electron chi connectivity index (χ0n) is 21.2. The van der Waals surface area contributed by atoms with Crippen molar-refractivity contribution < 1.29 is 9.59 Å². The van der Waals surface area contributed by atoms with Gasteiger partial charge in [-0.3, -0.25) is 14.5 Å². The van der Waals surface area contributed by atoms with E-state index in [1.807, 2.05) is 21.1 Å². The second-order valence-corrected chi connectivity index (χ2v) is 11.6. The number of fused-ring (bicyclic) bond motifs is 1. The maximum absolute atomic E-state index is 13.8. The Labute approximate surface area is 214 Å². The largest absolute Gasteiger partial charge is 0.341 e. The minimum Gasteiger partial charge on any atom is -0.341 e. The molecule has 1 aliphatic carbocycles.